The van der Waals surface area contributed by atoms with Crippen LogP contribution >= 0.6 is 0 Å². The van der Waals surface area contributed by atoms with Crippen molar-refractivity contribution in [1.82, 2.24) is 0 Å². The van der Waals surface area contributed by atoms with Crippen molar-refractivity contribution < 1.29 is 18.9 Å². The van der Waals surface area contributed by atoms with Gasteiger partial charge in [-0.3, -0.25) is 0 Å². The maximum atomic E-state index is 5.13. The molecule has 0 amide bonds. The second kappa shape index (κ2) is 14.1. The lowest BCUT2D eigenvalue weighted by molar-refractivity contribution is 0.277. The summed E-state index contributed by atoms with van der Waals surface area (Å²) in [7, 11) is 8.27. The molecule has 150 valence electrons. The highest BCUT2D eigenvalue weighted by molar-refractivity contribution is 5.33. The van der Waals surface area contributed by atoms with E-state index in [1.807, 2.05) is 54.6 Å². The minimum atomic E-state index is 0.892. The molecule has 0 spiro atoms. The molecule has 0 N–H and O–H groups in total. The smallest absolute Gasteiger partial charge is 0.118 e. The molecule has 0 aliphatic rings. The first-order chi connectivity index (χ1) is 13.7. The Bertz CT molecular complexity index is 692. The summed E-state index contributed by atoms with van der Waals surface area (Å²) in [5, 5.41) is 0. The molecule has 0 atom stereocenters. The van der Waals surface area contributed by atoms with Gasteiger partial charge < -0.3 is 18.9 Å². The van der Waals surface area contributed by atoms with Gasteiger partial charge in [0, 0.05) is 14.2 Å². The van der Waals surface area contributed by atoms with Gasteiger partial charge in [-0.2, -0.15) is 0 Å². The first-order valence-corrected chi connectivity index (χ1v) is 8.91. The Labute approximate surface area is 168 Å². The molecule has 0 radical (unpaired) electrons. The summed E-state index contributed by atoms with van der Waals surface area (Å²) in [6.45, 7) is 0. The van der Waals surface area contributed by atoms with Crippen molar-refractivity contribution >= 4 is 0 Å². The van der Waals surface area contributed by atoms with Crippen LogP contribution in [-0.2, 0) is 11.2 Å². The van der Waals surface area contributed by atoms with E-state index in [9.17, 15) is 0 Å². The average Bonchev–Trinajstić information content (AvgIpc) is 2.76. The lowest BCUT2D eigenvalue weighted by atomic mass is 10.0. The zero-order chi connectivity index (χ0) is 20.6. The van der Waals surface area contributed by atoms with Crippen molar-refractivity contribution in [3.63, 3.8) is 0 Å². The fourth-order valence-corrected chi connectivity index (χ4v) is 2.28. The van der Waals surface area contributed by atoms with Crippen LogP contribution in [0.25, 0.3) is 0 Å². The van der Waals surface area contributed by atoms with Crippen molar-refractivity contribution in [3.05, 3.63) is 90.0 Å². The van der Waals surface area contributed by atoms with Gasteiger partial charge in [0.15, 0.2) is 0 Å². The number of benzene rings is 3. The van der Waals surface area contributed by atoms with E-state index in [0.29, 0.717) is 0 Å². The highest BCUT2D eigenvalue weighted by atomic mass is 16.5. The SMILES string of the molecule is COC.COc1ccc(Cc2ccc(OC)cc2)cc1.COc1ccccc1. The van der Waals surface area contributed by atoms with Crippen LogP contribution < -0.4 is 14.2 Å². The van der Waals surface area contributed by atoms with Crippen LogP contribution in [-0.4, -0.2) is 35.5 Å². The van der Waals surface area contributed by atoms with E-state index in [-0.39, 0.29) is 0 Å². The standard InChI is InChI=1S/C15H16O2.C7H8O.C2H6O/c1-16-14-7-3-12(4-8-14)11-13-5-9-15(17-2)10-6-13;1-8-7-5-3-2-4-6-7;1-3-2/h3-10H,11H2,1-2H3;2-6H,1H3;1-2H3. The van der Waals surface area contributed by atoms with Gasteiger partial charge in [-0.05, 0) is 53.9 Å². The van der Waals surface area contributed by atoms with Crippen molar-refractivity contribution in [2.75, 3.05) is 35.5 Å². The number of para-hydroxylation sites is 1. The summed E-state index contributed by atoms with van der Waals surface area (Å²) in [6.07, 6.45) is 0.925. The summed E-state index contributed by atoms with van der Waals surface area (Å²) >= 11 is 0. The summed E-state index contributed by atoms with van der Waals surface area (Å²) < 4.78 is 19.4. The van der Waals surface area contributed by atoms with E-state index in [4.69, 9.17) is 14.2 Å². The monoisotopic (exact) mass is 382 g/mol. The molecule has 0 aliphatic carbocycles. The van der Waals surface area contributed by atoms with Crippen molar-refractivity contribution in [3.8, 4) is 17.2 Å². The van der Waals surface area contributed by atoms with Gasteiger partial charge >= 0.3 is 0 Å². The second-order valence-electron chi connectivity index (χ2n) is 5.80. The Morgan fingerprint density at radius 1 is 0.464 bits per heavy atom. The highest BCUT2D eigenvalue weighted by Crippen LogP contribution is 2.17. The number of ether oxygens (including phenoxy) is 4. The Morgan fingerprint density at radius 2 is 0.786 bits per heavy atom. The molecule has 0 aliphatic heterocycles. The summed E-state index contributed by atoms with van der Waals surface area (Å²) in [5.41, 5.74) is 2.55. The van der Waals surface area contributed by atoms with Crippen molar-refractivity contribution in [2.45, 2.75) is 6.42 Å². The third kappa shape index (κ3) is 9.10. The van der Waals surface area contributed by atoms with E-state index in [0.717, 1.165) is 23.7 Å². The summed E-state index contributed by atoms with van der Waals surface area (Å²) in [5.74, 6) is 2.69. The third-order valence-corrected chi connectivity index (χ3v) is 3.71. The minimum Gasteiger partial charge on any atom is -0.497 e. The molecule has 0 saturated carbocycles. The molecule has 0 heterocycles. The molecule has 0 fully saturated rings. The molecular weight excluding hydrogens is 352 g/mol. The van der Waals surface area contributed by atoms with Gasteiger partial charge in [0.05, 0.1) is 21.3 Å². The van der Waals surface area contributed by atoms with Crippen LogP contribution in [0.15, 0.2) is 78.9 Å². The van der Waals surface area contributed by atoms with E-state index < -0.39 is 0 Å². The zero-order valence-corrected chi connectivity index (χ0v) is 17.3. The first kappa shape index (κ1) is 23.1. The van der Waals surface area contributed by atoms with Crippen LogP contribution in [0.2, 0.25) is 0 Å². The predicted octanol–water partition coefficient (Wildman–Crippen LogP) is 5.25. The lowest BCUT2D eigenvalue weighted by Crippen LogP contribution is -1.89. The number of hydrogen-bond donors (Lipinski definition) is 0. The minimum absolute atomic E-state index is 0.892. The zero-order valence-electron chi connectivity index (χ0n) is 17.3. The highest BCUT2D eigenvalue weighted by Gasteiger charge is 1.98. The van der Waals surface area contributed by atoms with E-state index in [2.05, 4.69) is 29.0 Å². The van der Waals surface area contributed by atoms with Gasteiger partial charge in [0.2, 0.25) is 0 Å². The largest absolute Gasteiger partial charge is 0.497 e. The Morgan fingerprint density at radius 3 is 1.07 bits per heavy atom. The van der Waals surface area contributed by atoms with Crippen LogP contribution in [0.3, 0.4) is 0 Å². The van der Waals surface area contributed by atoms with Gasteiger partial charge in [0.1, 0.15) is 17.2 Å². The molecule has 4 heteroatoms. The molecule has 28 heavy (non-hydrogen) atoms. The van der Waals surface area contributed by atoms with Gasteiger partial charge in [-0.1, -0.05) is 42.5 Å². The van der Waals surface area contributed by atoms with Crippen molar-refractivity contribution in [1.29, 1.82) is 0 Å². The Kier molecular flexibility index (Phi) is 11.6. The third-order valence-electron chi connectivity index (χ3n) is 3.71. The van der Waals surface area contributed by atoms with Gasteiger partial charge in [-0.15, -0.1) is 0 Å². The molecule has 4 nitrogen and oxygen atoms in total. The topological polar surface area (TPSA) is 36.9 Å². The van der Waals surface area contributed by atoms with E-state index >= 15 is 0 Å². The lowest BCUT2D eigenvalue weighted by Gasteiger charge is -2.05. The number of hydrogen-bond acceptors (Lipinski definition) is 4. The van der Waals surface area contributed by atoms with Crippen LogP contribution in [0.4, 0.5) is 0 Å². The summed E-state index contributed by atoms with van der Waals surface area (Å²) in [4.78, 5) is 0. The van der Waals surface area contributed by atoms with E-state index in [1.54, 1.807) is 35.5 Å². The average molecular weight is 383 g/mol. The van der Waals surface area contributed by atoms with Crippen LogP contribution in [0, 0.1) is 0 Å². The predicted molar refractivity (Wildman–Crippen MR) is 115 cm³/mol. The molecular formula is C24H30O4. The fraction of sp³-hybridized carbons (Fsp3) is 0.250. The second-order valence-corrected chi connectivity index (χ2v) is 5.80. The van der Waals surface area contributed by atoms with Gasteiger partial charge in [0.25, 0.3) is 0 Å². The molecule has 3 aromatic rings. The maximum Gasteiger partial charge on any atom is 0.118 e. The summed E-state index contributed by atoms with van der Waals surface area (Å²) in [6, 6.07) is 26.0. The number of rotatable bonds is 5. The van der Waals surface area contributed by atoms with Gasteiger partial charge in [-0.25, -0.2) is 0 Å². The molecule has 0 bridgehead atoms. The Balaban J connectivity index is 0.000000296. The first-order valence-electron chi connectivity index (χ1n) is 8.91. The van der Waals surface area contributed by atoms with Crippen molar-refractivity contribution in [2.24, 2.45) is 0 Å². The van der Waals surface area contributed by atoms with Crippen LogP contribution in [0.5, 0.6) is 17.2 Å². The molecule has 0 aromatic heterocycles. The quantitative estimate of drug-likeness (QED) is 0.604. The maximum absolute atomic E-state index is 5.13. The molecule has 0 unspecified atom stereocenters. The van der Waals surface area contributed by atoms with E-state index in [1.165, 1.54) is 11.1 Å². The number of methoxy groups -OCH3 is 4. The molecule has 0 saturated heterocycles. The normalized spacial score (nSPS) is 9.18. The molecule has 3 aromatic carbocycles. The molecule has 3 rings (SSSR count). The fourth-order valence-electron chi connectivity index (χ4n) is 2.28. The van der Waals surface area contributed by atoms with Crippen LogP contribution in [0.1, 0.15) is 11.1 Å². The Hall–Kier alpha value is -2.98.